The largest absolute Gasteiger partial charge is 0.396 e. The lowest BCUT2D eigenvalue weighted by Gasteiger charge is -2.18. The third kappa shape index (κ3) is 4.71. The molecule has 0 bridgehead atoms. The Balaban J connectivity index is 2.43. The van der Waals surface area contributed by atoms with Crippen molar-refractivity contribution in [2.45, 2.75) is 32.3 Å². The summed E-state index contributed by atoms with van der Waals surface area (Å²) >= 11 is 0. The summed E-state index contributed by atoms with van der Waals surface area (Å²) in [4.78, 5) is 6.40. The second-order valence-electron chi connectivity index (χ2n) is 4.33. The maximum absolute atomic E-state index is 9.38. The summed E-state index contributed by atoms with van der Waals surface area (Å²) in [7, 11) is 2.00. The molecule has 2 N–H and O–H groups in total. The van der Waals surface area contributed by atoms with Crippen LogP contribution in [0.4, 0.5) is 5.82 Å². The highest BCUT2D eigenvalue weighted by Crippen LogP contribution is 2.15. The number of aromatic nitrogens is 1. The van der Waals surface area contributed by atoms with Gasteiger partial charge in [0.25, 0.3) is 0 Å². The van der Waals surface area contributed by atoms with Crippen molar-refractivity contribution in [2.75, 3.05) is 25.1 Å². The maximum atomic E-state index is 9.38. The summed E-state index contributed by atoms with van der Waals surface area (Å²) in [6.07, 6.45) is 4.20. The first-order valence-corrected chi connectivity index (χ1v) is 6.11. The monoisotopic (exact) mass is 238 g/mol. The molecular weight excluding hydrogens is 216 g/mol. The van der Waals surface area contributed by atoms with Crippen molar-refractivity contribution in [3.63, 3.8) is 0 Å². The van der Waals surface area contributed by atoms with Gasteiger partial charge in [0.2, 0.25) is 0 Å². The van der Waals surface area contributed by atoms with Crippen LogP contribution in [0.25, 0.3) is 0 Å². The van der Waals surface area contributed by atoms with Crippen LogP contribution in [0.3, 0.4) is 0 Å². The highest BCUT2D eigenvalue weighted by molar-refractivity contribution is 5.38. The van der Waals surface area contributed by atoms with Crippen LogP contribution in [0.15, 0.2) is 18.3 Å². The summed E-state index contributed by atoms with van der Waals surface area (Å²) in [5.74, 6) is 0.915. The van der Waals surface area contributed by atoms with Crippen molar-refractivity contribution in [2.24, 2.45) is 0 Å². The van der Waals surface area contributed by atoms with Gasteiger partial charge in [-0.1, -0.05) is 6.07 Å². The fourth-order valence-corrected chi connectivity index (χ4v) is 1.62. The lowest BCUT2D eigenvalue weighted by molar-refractivity contribution is 0.199. The maximum Gasteiger partial charge on any atom is 0.128 e. The molecule has 0 aliphatic heterocycles. The molecule has 0 aliphatic rings. The van der Waals surface area contributed by atoms with Gasteiger partial charge >= 0.3 is 0 Å². The quantitative estimate of drug-likeness (QED) is 0.710. The Kier molecular flexibility index (Phi) is 5.94. The molecule has 17 heavy (non-hydrogen) atoms. The molecule has 4 nitrogen and oxygen atoms in total. The summed E-state index contributed by atoms with van der Waals surface area (Å²) in [6, 6.07) is 3.82. The van der Waals surface area contributed by atoms with Crippen molar-refractivity contribution >= 4 is 5.82 Å². The van der Waals surface area contributed by atoms with Gasteiger partial charge in [-0.3, -0.25) is 0 Å². The van der Waals surface area contributed by atoms with Crippen LogP contribution in [0, 0.1) is 0 Å². The zero-order valence-corrected chi connectivity index (χ0v) is 10.6. The minimum absolute atomic E-state index is 0.269. The van der Waals surface area contributed by atoms with Gasteiger partial charge in [-0.15, -0.1) is 0 Å². The summed E-state index contributed by atoms with van der Waals surface area (Å²) < 4.78 is 0. The van der Waals surface area contributed by atoms with Gasteiger partial charge in [-0.2, -0.15) is 0 Å². The molecule has 0 fully saturated rings. The van der Waals surface area contributed by atoms with Crippen LogP contribution in [-0.4, -0.2) is 35.4 Å². The van der Waals surface area contributed by atoms with E-state index in [0.717, 1.165) is 37.2 Å². The Morgan fingerprint density at radius 3 is 2.59 bits per heavy atom. The molecule has 0 saturated heterocycles. The van der Waals surface area contributed by atoms with Gasteiger partial charge in [0.05, 0.1) is 6.10 Å². The van der Waals surface area contributed by atoms with E-state index in [1.165, 1.54) is 0 Å². The number of unbranched alkanes of at least 4 members (excludes halogenated alkanes) is 2. The third-order valence-electron chi connectivity index (χ3n) is 2.80. The SMILES string of the molecule is C[C@@H](O)c1ccc(N(C)CCCCCO)nc1. The minimum Gasteiger partial charge on any atom is -0.396 e. The molecule has 1 atom stereocenters. The Bertz CT molecular complexity index is 312. The van der Waals surface area contributed by atoms with E-state index in [1.54, 1.807) is 13.1 Å². The summed E-state index contributed by atoms with van der Waals surface area (Å²) in [5, 5.41) is 18.1. The van der Waals surface area contributed by atoms with E-state index in [2.05, 4.69) is 9.88 Å². The van der Waals surface area contributed by atoms with E-state index in [-0.39, 0.29) is 6.61 Å². The molecule has 96 valence electrons. The Morgan fingerprint density at radius 2 is 2.06 bits per heavy atom. The fraction of sp³-hybridized carbons (Fsp3) is 0.615. The zero-order valence-electron chi connectivity index (χ0n) is 10.6. The highest BCUT2D eigenvalue weighted by atomic mass is 16.3. The van der Waals surface area contributed by atoms with Crippen molar-refractivity contribution < 1.29 is 10.2 Å². The molecule has 1 heterocycles. The second kappa shape index (κ2) is 7.25. The van der Waals surface area contributed by atoms with Gasteiger partial charge in [-0.05, 0) is 37.8 Å². The van der Waals surface area contributed by atoms with E-state index in [4.69, 9.17) is 5.11 Å². The van der Waals surface area contributed by atoms with Crippen LogP contribution >= 0.6 is 0 Å². The van der Waals surface area contributed by atoms with Crippen LogP contribution < -0.4 is 4.90 Å². The molecule has 0 aliphatic carbocycles. The molecule has 0 saturated carbocycles. The number of hydrogen-bond donors (Lipinski definition) is 2. The topological polar surface area (TPSA) is 56.6 Å². The molecule has 4 heteroatoms. The van der Waals surface area contributed by atoms with Crippen LogP contribution in [0.5, 0.6) is 0 Å². The second-order valence-corrected chi connectivity index (χ2v) is 4.33. The normalized spacial score (nSPS) is 12.5. The van der Waals surface area contributed by atoms with Gasteiger partial charge in [-0.25, -0.2) is 4.98 Å². The molecule has 0 amide bonds. The minimum atomic E-state index is -0.466. The first-order valence-electron chi connectivity index (χ1n) is 6.11. The van der Waals surface area contributed by atoms with Crippen molar-refractivity contribution in [3.05, 3.63) is 23.9 Å². The van der Waals surface area contributed by atoms with Gasteiger partial charge in [0.1, 0.15) is 5.82 Å². The molecular formula is C13H22N2O2. The predicted octanol–water partition coefficient (Wildman–Crippen LogP) is 1.73. The number of pyridine rings is 1. The Morgan fingerprint density at radius 1 is 1.29 bits per heavy atom. The van der Waals surface area contributed by atoms with E-state index in [9.17, 15) is 5.11 Å². The van der Waals surface area contributed by atoms with Crippen LogP contribution in [-0.2, 0) is 0 Å². The predicted molar refractivity (Wildman–Crippen MR) is 69.1 cm³/mol. The van der Waals surface area contributed by atoms with Crippen LogP contribution in [0.2, 0.25) is 0 Å². The fourth-order valence-electron chi connectivity index (χ4n) is 1.62. The van der Waals surface area contributed by atoms with Gasteiger partial charge < -0.3 is 15.1 Å². The van der Waals surface area contributed by atoms with Gasteiger partial charge in [0.15, 0.2) is 0 Å². The number of anilines is 1. The van der Waals surface area contributed by atoms with Gasteiger partial charge in [0, 0.05) is 26.4 Å². The first-order chi connectivity index (χ1) is 8.15. The molecule has 0 unspecified atom stereocenters. The standard InChI is InChI=1S/C13H22N2O2/c1-11(17)12-6-7-13(14-10-12)15(2)8-4-3-5-9-16/h6-7,10-11,16-17H,3-5,8-9H2,1-2H3/t11-/m1/s1. The average Bonchev–Trinajstić information content (AvgIpc) is 2.34. The Hall–Kier alpha value is -1.13. The number of nitrogens with zero attached hydrogens (tertiary/aromatic N) is 2. The lowest BCUT2D eigenvalue weighted by Crippen LogP contribution is -2.19. The summed E-state index contributed by atoms with van der Waals surface area (Å²) in [6.45, 7) is 2.93. The summed E-state index contributed by atoms with van der Waals surface area (Å²) in [5.41, 5.74) is 0.836. The van der Waals surface area contributed by atoms with Crippen molar-refractivity contribution in [1.82, 2.24) is 4.98 Å². The first kappa shape index (κ1) is 13.9. The molecule has 0 spiro atoms. The number of rotatable bonds is 7. The molecule has 1 rings (SSSR count). The zero-order chi connectivity index (χ0) is 12.7. The number of hydrogen-bond acceptors (Lipinski definition) is 4. The van der Waals surface area contributed by atoms with E-state index in [1.807, 2.05) is 19.2 Å². The average molecular weight is 238 g/mol. The lowest BCUT2D eigenvalue weighted by atomic mass is 10.2. The van der Waals surface area contributed by atoms with E-state index in [0.29, 0.717) is 0 Å². The van der Waals surface area contributed by atoms with E-state index < -0.39 is 6.10 Å². The Labute approximate surface area is 103 Å². The van der Waals surface area contributed by atoms with Crippen molar-refractivity contribution in [1.29, 1.82) is 0 Å². The molecule has 1 aromatic heterocycles. The molecule has 0 aromatic carbocycles. The number of aliphatic hydroxyl groups is 2. The van der Waals surface area contributed by atoms with Crippen molar-refractivity contribution in [3.8, 4) is 0 Å². The molecule has 1 aromatic rings. The number of aliphatic hydroxyl groups excluding tert-OH is 2. The molecule has 0 radical (unpaired) electrons. The smallest absolute Gasteiger partial charge is 0.128 e. The van der Waals surface area contributed by atoms with Crippen LogP contribution in [0.1, 0.15) is 37.9 Å². The third-order valence-corrected chi connectivity index (χ3v) is 2.80. The van der Waals surface area contributed by atoms with E-state index >= 15 is 0 Å². The highest BCUT2D eigenvalue weighted by Gasteiger charge is 2.04.